The van der Waals surface area contributed by atoms with Gasteiger partial charge in [-0.25, -0.2) is 0 Å². The Morgan fingerprint density at radius 2 is 0.620 bits per heavy atom. The van der Waals surface area contributed by atoms with Crippen molar-refractivity contribution in [3.63, 3.8) is 0 Å². The van der Waals surface area contributed by atoms with E-state index in [-0.39, 0.29) is 164 Å². The van der Waals surface area contributed by atoms with E-state index in [2.05, 4.69) is 9.47 Å². The van der Waals surface area contributed by atoms with E-state index in [1.807, 2.05) is 0 Å². The quantitative estimate of drug-likeness (QED) is 0.0660. The summed E-state index contributed by atoms with van der Waals surface area (Å²) in [7, 11) is 0. The standard InChI is InChI=1S/C17H21O10.C11H14O7.5Y/c1-9(5-14(20)21)13(19)8-27-16(24)10(2)4-12(18)7-26-17(25)11(3)6-15(22)23;1-6(3-9(13)14)8(12)5-18-11(17)7(2)4-10(15)16;;;;;/h4-6,9-11H,7-8H2,1-3H3,(H,20,21)(H,22,23);3-4,6-7H,5H2,1-2H3,(H,13,14)(H,15,16);;;;;/q-3;-2;;;;;. The Morgan fingerprint density at radius 1 is 0.400 bits per heavy atom. The first-order valence-electron chi connectivity index (χ1n) is 12.9. The molecule has 0 aromatic carbocycles. The number of carbonyl (C=O) groups excluding carboxylic acids is 6. The van der Waals surface area contributed by atoms with Crippen LogP contribution in [-0.2, 0) is 226 Å². The third-order valence-electron chi connectivity index (χ3n) is 5.21. The number of hydrogen-bond acceptors (Lipinski definition) is 13. The van der Waals surface area contributed by atoms with Crippen LogP contribution >= 0.6 is 0 Å². The van der Waals surface area contributed by atoms with E-state index < -0.39 is 109 Å². The largest absolute Gasteiger partial charge is 0.503 e. The van der Waals surface area contributed by atoms with Crippen molar-refractivity contribution in [3.05, 3.63) is 32.1 Å². The number of carboxylic acids is 4. The normalized spacial score (nSPS) is 11.9. The van der Waals surface area contributed by atoms with Crippen molar-refractivity contribution in [2.75, 3.05) is 19.8 Å². The minimum atomic E-state index is -1.31. The smallest absolute Gasteiger partial charge is 0.281 e. The van der Waals surface area contributed by atoms with Gasteiger partial charge in [0.1, 0.15) is 31.4 Å². The molecule has 0 aliphatic carbocycles. The predicted molar refractivity (Wildman–Crippen MR) is 146 cm³/mol. The van der Waals surface area contributed by atoms with Gasteiger partial charge < -0.3 is 45.9 Å². The molecule has 0 saturated carbocycles. The third kappa shape index (κ3) is 35.2. The molecule has 0 rings (SSSR count). The van der Waals surface area contributed by atoms with E-state index in [1.165, 1.54) is 34.6 Å². The summed E-state index contributed by atoms with van der Waals surface area (Å²) in [4.78, 5) is 110. The van der Waals surface area contributed by atoms with Crippen LogP contribution in [0.5, 0.6) is 0 Å². The molecule has 0 aliphatic heterocycles. The number of aliphatic carboxylic acids is 4. The fourth-order valence-corrected chi connectivity index (χ4v) is 2.66. The monoisotopic (exact) mass is 1090 g/mol. The fourth-order valence-electron chi connectivity index (χ4n) is 2.66. The van der Waals surface area contributed by atoms with Gasteiger partial charge in [0.2, 0.25) is 0 Å². The molecule has 5 atom stereocenters. The Morgan fingerprint density at radius 3 is 0.880 bits per heavy atom. The summed E-state index contributed by atoms with van der Waals surface area (Å²) >= 11 is 0. The van der Waals surface area contributed by atoms with Crippen LogP contribution in [0, 0.1) is 61.7 Å². The molecule has 4 N–H and O–H groups in total. The van der Waals surface area contributed by atoms with Gasteiger partial charge >= 0.3 is 0 Å². The summed E-state index contributed by atoms with van der Waals surface area (Å²) in [5.41, 5.74) is 0. The molecule has 269 valence electrons. The Kier molecular flexibility index (Phi) is 47.1. The van der Waals surface area contributed by atoms with Gasteiger partial charge in [-0.05, 0) is 11.8 Å². The molecule has 22 heteroatoms. The predicted octanol–water partition coefficient (Wildman–Crippen LogP) is -0.162. The molecule has 17 nitrogen and oxygen atoms in total. The number of carbonyl (C=O) groups is 10. The summed E-state index contributed by atoms with van der Waals surface area (Å²) in [5, 5.41) is 33.9. The van der Waals surface area contributed by atoms with Crippen molar-refractivity contribution in [2.24, 2.45) is 29.6 Å². The fraction of sp³-hybridized carbons (Fsp3) is 0.464. The molecular weight excluding hydrogens is 1050 g/mol. The molecule has 0 aromatic heterocycles. The summed E-state index contributed by atoms with van der Waals surface area (Å²) in [6, 6.07) is 0. The van der Waals surface area contributed by atoms with Gasteiger partial charge in [0.25, 0.3) is 17.9 Å². The molecular formula is C28H35O17Y5-5. The maximum atomic E-state index is 11.7. The van der Waals surface area contributed by atoms with Crippen molar-refractivity contribution >= 4 is 59.1 Å². The molecule has 5 unspecified atom stereocenters. The van der Waals surface area contributed by atoms with Gasteiger partial charge in [0.15, 0.2) is 23.9 Å². The molecule has 0 bridgehead atoms. The van der Waals surface area contributed by atoms with Crippen LogP contribution in [0.1, 0.15) is 34.6 Å². The average molecular weight is 1090 g/mol. The zero-order valence-electron chi connectivity index (χ0n) is 27.9. The molecule has 50 heavy (non-hydrogen) atoms. The van der Waals surface area contributed by atoms with E-state index in [0.29, 0.717) is 6.42 Å². The van der Waals surface area contributed by atoms with Crippen LogP contribution in [0.2, 0.25) is 0 Å². The van der Waals surface area contributed by atoms with Crippen molar-refractivity contribution in [1.29, 1.82) is 0 Å². The van der Waals surface area contributed by atoms with Gasteiger partial charge in [0.05, 0.1) is 0 Å². The van der Waals surface area contributed by atoms with Crippen LogP contribution in [0.25, 0.3) is 0 Å². The second-order valence-electron chi connectivity index (χ2n) is 9.35. The Bertz CT molecular complexity index is 1100. The number of ketones is 3. The van der Waals surface area contributed by atoms with E-state index in [1.54, 1.807) is 0 Å². The second-order valence-corrected chi connectivity index (χ2v) is 9.35. The zero-order valence-corrected chi connectivity index (χ0v) is 42.1. The van der Waals surface area contributed by atoms with Crippen LogP contribution < -0.4 is 0 Å². The van der Waals surface area contributed by atoms with E-state index in [9.17, 15) is 47.9 Å². The van der Waals surface area contributed by atoms with Crippen LogP contribution in [0.4, 0.5) is 0 Å². The zero-order chi connectivity index (χ0) is 35.4. The Labute approximate surface area is 415 Å². The number of Topliss-reactive ketones (excluding diaryl/α,β-unsaturated/α-hetero) is 3. The average Bonchev–Trinajstić information content (AvgIpc) is 2.91. The van der Waals surface area contributed by atoms with E-state index >= 15 is 0 Å². The summed E-state index contributed by atoms with van der Waals surface area (Å²) in [6.45, 7) is 4.70. The molecule has 5 radical (unpaired) electrons. The van der Waals surface area contributed by atoms with Gasteiger partial charge in [-0.3, -0.25) is 68.8 Å². The first-order chi connectivity index (χ1) is 20.7. The summed E-state index contributed by atoms with van der Waals surface area (Å²) in [6.07, 6.45) is 3.91. The number of ether oxygens (including phenoxy) is 3. The Balaban J connectivity index is -0.000000143. The van der Waals surface area contributed by atoms with Crippen LogP contribution in [0.3, 0.4) is 0 Å². The van der Waals surface area contributed by atoms with Crippen molar-refractivity contribution in [3.8, 4) is 0 Å². The Hall–Kier alpha value is 0.169. The topological polar surface area (TPSA) is 279 Å². The van der Waals surface area contributed by atoms with Crippen molar-refractivity contribution in [2.45, 2.75) is 34.6 Å². The summed E-state index contributed by atoms with van der Waals surface area (Å²) in [5.74, 6) is -14.5. The minimum Gasteiger partial charge on any atom is -0.503 e. The maximum Gasteiger partial charge on any atom is 0.281 e. The van der Waals surface area contributed by atoms with Crippen LogP contribution in [-0.4, -0.2) is 99.4 Å². The number of hydrogen-bond donors (Lipinski definition) is 4. The summed E-state index contributed by atoms with van der Waals surface area (Å²) < 4.78 is 13.9. The van der Waals surface area contributed by atoms with Gasteiger partial charge in [-0.1, -0.05) is 52.4 Å². The molecule has 0 saturated heterocycles. The minimum absolute atomic E-state index is 0. The molecule has 0 aliphatic rings. The third-order valence-corrected chi connectivity index (χ3v) is 5.21. The first-order valence-corrected chi connectivity index (χ1v) is 12.9. The molecule has 0 fully saturated rings. The molecule has 0 heterocycles. The van der Waals surface area contributed by atoms with Gasteiger partial charge in [-0.15, -0.1) is 0 Å². The van der Waals surface area contributed by atoms with E-state index in [0.717, 1.165) is 25.7 Å². The van der Waals surface area contributed by atoms with Gasteiger partial charge in [-0.2, -0.15) is 0 Å². The maximum absolute atomic E-state index is 11.7. The SMILES string of the molecule is CC([CH-]C(=O)O)C(=O)COC(=O)C(C)[CH-]C(=O)COC(=O)C(C)[CH-]C(=O)O.CC([CH-]C(=O)O)C(=O)COC(=O)C(C)[CH-]C(=O)O.[Y].[Y].[Y].[Y].[Y]. The molecule has 0 spiro atoms. The van der Waals surface area contributed by atoms with Crippen molar-refractivity contribution in [1.82, 2.24) is 0 Å². The second kappa shape index (κ2) is 36.2. The van der Waals surface area contributed by atoms with Gasteiger partial charge in [0, 0.05) is 169 Å². The first kappa shape index (κ1) is 65.1. The molecule has 0 aromatic rings. The molecule has 0 amide bonds. The van der Waals surface area contributed by atoms with Crippen LogP contribution in [0.15, 0.2) is 0 Å². The number of carboxylic acid groups (broad SMARTS) is 4. The number of esters is 3. The van der Waals surface area contributed by atoms with Crippen molar-refractivity contribution < 1.29 is 246 Å². The van der Waals surface area contributed by atoms with E-state index in [4.69, 9.17) is 25.2 Å². The number of rotatable bonds is 21.